The number of nitrogens with zero attached hydrogens (tertiary/aromatic N) is 1. The third-order valence-corrected chi connectivity index (χ3v) is 4.99. The first-order valence-corrected chi connectivity index (χ1v) is 7.47. The fraction of sp³-hybridized carbons (Fsp3) is 0.900. The van der Waals surface area contributed by atoms with E-state index in [0.29, 0.717) is 6.42 Å². The van der Waals surface area contributed by atoms with Crippen molar-refractivity contribution in [3.8, 4) is 0 Å². The van der Waals surface area contributed by atoms with Gasteiger partial charge in [0.05, 0.1) is 6.26 Å². The Hall–Kier alpha value is -0.620. The Kier molecular flexibility index (Phi) is 2.96. The van der Waals surface area contributed by atoms with Crippen LogP contribution in [0, 0.1) is 5.92 Å². The maximum Gasteiger partial charge on any atom is 0.322 e. The molecule has 1 N–H and O–H groups in total. The number of rotatable bonds is 2. The highest BCUT2D eigenvalue weighted by Crippen LogP contribution is 2.40. The average molecular weight is 247 g/mol. The molecule has 2 fully saturated rings. The van der Waals surface area contributed by atoms with E-state index >= 15 is 0 Å². The lowest BCUT2D eigenvalue weighted by Crippen LogP contribution is -2.45. The number of sulfonamides is 1. The molecule has 5 nitrogen and oxygen atoms in total. The van der Waals surface area contributed by atoms with Gasteiger partial charge >= 0.3 is 5.97 Å². The highest BCUT2D eigenvalue weighted by Gasteiger charge is 2.49. The van der Waals surface area contributed by atoms with E-state index in [9.17, 15) is 13.2 Å². The van der Waals surface area contributed by atoms with Crippen LogP contribution in [-0.4, -0.2) is 42.1 Å². The number of carboxylic acids is 1. The van der Waals surface area contributed by atoms with Crippen molar-refractivity contribution in [3.63, 3.8) is 0 Å². The molecule has 1 saturated carbocycles. The zero-order valence-electron chi connectivity index (χ0n) is 9.30. The van der Waals surface area contributed by atoms with Crippen LogP contribution in [0.15, 0.2) is 0 Å². The zero-order valence-corrected chi connectivity index (χ0v) is 10.1. The summed E-state index contributed by atoms with van der Waals surface area (Å²) in [5, 5.41) is 9.09. The van der Waals surface area contributed by atoms with E-state index in [4.69, 9.17) is 5.11 Å². The van der Waals surface area contributed by atoms with Gasteiger partial charge in [-0.3, -0.25) is 4.79 Å². The third kappa shape index (κ3) is 1.96. The molecule has 3 atom stereocenters. The molecule has 0 aromatic rings. The molecule has 6 heteroatoms. The molecule has 0 aromatic carbocycles. The van der Waals surface area contributed by atoms with Crippen LogP contribution < -0.4 is 0 Å². The molecule has 0 radical (unpaired) electrons. The van der Waals surface area contributed by atoms with Gasteiger partial charge in [-0.1, -0.05) is 12.8 Å². The van der Waals surface area contributed by atoms with Gasteiger partial charge in [0.15, 0.2) is 0 Å². The Morgan fingerprint density at radius 1 is 1.31 bits per heavy atom. The van der Waals surface area contributed by atoms with Crippen molar-refractivity contribution < 1.29 is 18.3 Å². The Morgan fingerprint density at radius 2 is 1.94 bits per heavy atom. The summed E-state index contributed by atoms with van der Waals surface area (Å²) < 4.78 is 24.6. The average Bonchev–Trinajstić information content (AvgIpc) is 2.55. The summed E-state index contributed by atoms with van der Waals surface area (Å²) in [5.74, 6) is -0.774. The van der Waals surface area contributed by atoms with E-state index < -0.39 is 22.0 Å². The standard InChI is InChI=1S/C10H17NO4S/c1-16(14,15)11-8-5-3-2-4-7(8)6-9(11)10(12)13/h7-9H,2-6H2,1H3,(H,12,13)/t7-,8+,9+/m1/s1. The fourth-order valence-electron chi connectivity index (χ4n) is 3.11. The molecular formula is C10H17NO4S. The predicted octanol–water partition coefficient (Wildman–Crippen LogP) is 0.664. The number of aliphatic carboxylic acids is 1. The first-order chi connectivity index (χ1) is 7.41. The van der Waals surface area contributed by atoms with Gasteiger partial charge in [0, 0.05) is 6.04 Å². The van der Waals surface area contributed by atoms with E-state index in [1.807, 2.05) is 0 Å². The summed E-state index contributed by atoms with van der Waals surface area (Å²) in [7, 11) is -3.41. The summed E-state index contributed by atoms with van der Waals surface area (Å²) in [6.07, 6.45) is 5.44. The minimum absolute atomic E-state index is 0.0788. The molecule has 0 bridgehead atoms. The van der Waals surface area contributed by atoms with Crippen LogP contribution >= 0.6 is 0 Å². The lowest BCUT2D eigenvalue weighted by atomic mass is 9.85. The Labute approximate surface area is 95.5 Å². The Bertz CT molecular complexity index is 392. The van der Waals surface area contributed by atoms with E-state index in [2.05, 4.69) is 0 Å². The molecule has 0 aromatic heterocycles. The van der Waals surface area contributed by atoms with Gasteiger partial charge in [-0.25, -0.2) is 8.42 Å². The maximum atomic E-state index is 11.7. The van der Waals surface area contributed by atoms with Crippen molar-refractivity contribution in [3.05, 3.63) is 0 Å². The van der Waals surface area contributed by atoms with Crippen molar-refractivity contribution >= 4 is 16.0 Å². The lowest BCUT2D eigenvalue weighted by Gasteiger charge is -2.30. The fourth-order valence-corrected chi connectivity index (χ4v) is 4.51. The van der Waals surface area contributed by atoms with Crippen LogP contribution in [0.1, 0.15) is 32.1 Å². The van der Waals surface area contributed by atoms with E-state index in [1.54, 1.807) is 0 Å². The van der Waals surface area contributed by atoms with E-state index in [-0.39, 0.29) is 12.0 Å². The molecule has 2 rings (SSSR count). The van der Waals surface area contributed by atoms with E-state index in [0.717, 1.165) is 31.9 Å². The number of hydrogen-bond acceptors (Lipinski definition) is 3. The monoisotopic (exact) mass is 247 g/mol. The second kappa shape index (κ2) is 4.00. The molecule has 16 heavy (non-hydrogen) atoms. The number of fused-ring (bicyclic) bond motifs is 1. The molecule has 1 heterocycles. The highest BCUT2D eigenvalue weighted by atomic mass is 32.2. The van der Waals surface area contributed by atoms with Crippen molar-refractivity contribution in [1.29, 1.82) is 0 Å². The van der Waals surface area contributed by atoms with Gasteiger partial charge in [0.1, 0.15) is 6.04 Å². The van der Waals surface area contributed by atoms with Crippen LogP contribution in [0.2, 0.25) is 0 Å². The van der Waals surface area contributed by atoms with Gasteiger partial charge in [-0.05, 0) is 25.2 Å². The molecule has 1 aliphatic heterocycles. The molecule has 0 amide bonds. The highest BCUT2D eigenvalue weighted by molar-refractivity contribution is 7.88. The predicted molar refractivity (Wildman–Crippen MR) is 58.5 cm³/mol. The Morgan fingerprint density at radius 3 is 2.50 bits per heavy atom. The van der Waals surface area contributed by atoms with Crippen molar-refractivity contribution in [1.82, 2.24) is 4.31 Å². The maximum absolute atomic E-state index is 11.7. The molecule has 1 saturated heterocycles. The molecular weight excluding hydrogens is 230 g/mol. The summed E-state index contributed by atoms with van der Waals surface area (Å²) in [5.41, 5.74) is 0. The second-order valence-electron chi connectivity index (χ2n) is 4.79. The minimum atomic E-state index is -3.41. The lowest BCUT2D eigenvalue weighted by molar-refractivity contribution is -0.140. The Balaban J connectivity index is 2.32. The smallest absolute Gasteiger partial charge is 0.322 e. The topological polar surface area (TPSA) is 74.7 Å². The normalized spacial score (nSPS) is 35.9. The molecule has 92 valence electrons. The van der Waals surface area contributed by atoms with Crippen molar-refractivity contribution in [2.75, 3.05) is 6.26 Å². The van der Waals surface area contributed by atoms with Crippen LogP contribution in [0.3, 0.4) is 0 Å². The molecule has 2 aliphatic rings. The van der Waals surface area contributed by atoms with Gasteiger partial charge in [-0.15, -0.1) is 0 Å². The number of hydrogen-bond donors (Lipinski definition) is 1. The van der Waals surface area contributed by atoms with E-state index in [1.165, 1.54) is 4.31 Å². The zero-order chi connectivity index (χ0) is 11.9. The van der Waals surface area contributed by atoms with Crippen LogP contribution in [0.4, 0.5) is 0 Å². The van der Waals surface area contributed by atoms with Crippen molar-refractivity contribution in [2.45, 2.75) is 44.2 Å². The van der Waals surface area contributed by atoms with Crippen LogP contribution in [0.25, 0.3) is 0 Å². The summed E-state index contributed by atoms with van der Waals surface area (Å²) in [6, 6.07) is -0.923. The van der Waals surface area contributed by atoms with Crippen LogP contribution in [-0.2, 0) is 14.8 Å². The third-order valence-electron chi connectivity index (χ3n) is 3.70. The number of carbonyl (C=O) groups is 1. The van der Waals surface area contributed by atoms with Crippen molar-refractivity contribution in [2.24, 2.45) is 5.92 Å². The van der Waals surface area contributed by atoms with Gasteiger partial charge in [0.25, 0.3) is 0 Å². The van der Waals surface area contributed by atoms with Gasteiger partial charge in [-0.2, -0.15) is 4.31 Å². The second-order valence-corrected chi connectivity index (χ2v) is 6.68. The number of carboxylic acid groups (broad SMARTS) is 1. The summed E-state index contributed by atoms with van der Waals surface area (Å²) >= 11 is 0. The quantitative estimate of drug-likeness (QED) is 0.778. The first-order valence-electron chi connectivity index (χ1n) is 5.62. The molecule has 1 aliphatic carbocycles. The summed E-state index contributed by atoms with van der Waals surface area (Å²) in [4.78, 5) is 11.1. The minimum Gasteiger partial charge on any atom is -0.480 e. The SMILES string of the molecule is CS(=O)(=O)N1[C@H](C(=O)O)C[C@H]2CCCC[C@@H]21. The first kappa shape index (κ1) is 11.9. The van der Waals surface area contributed by atoms with Gasteiger partial charge < -0.3 is 5.11 Å². The molecule has 0 unspecified atom stereocenters. The van der Waals surface area contributed by atoms with Gasteiger partial charge in [0.2, 0.25) is 10.0 Å². The van der Waals surface area contributed by atoms with Crippen LogP contribution in [0.5, 0.6) is 0 Å². The summed E-state index contributed by atoms with van der Waals surface area (Å²) in [6.45, 7) is 0. The largest absolute Gasteiger partial charge is 0.480 e. The molecule has 0 spiro atoms.